The Morgan fingerprint density at radius 1 is 0.907 bits per heavy atom. The molecule has 4 aromatic carbocycles. The van der Waals surface area contributed by atoms with E-state index in [4.69, 9.17) is 20.8 Å². The number of carbonyl (C=O) groups excluding carboxylic acids is 2. The van der Waals surface area contributed by atoms with E-state index in [9.17, 15) is 18.8 Å². The monoisotopic (exact) mass is 594 g/mol. The summed E-state index contributed by atoms with van der Waals surface area (Å²) in [5.41, 5.74) is 0.566. The number of rotatable bonds is 6. The second-order valence-electron chi connectivity index (χ2n) is 10.6. The number of ether oxygens (including phenoxy) is 1. The number of hydrogen-bond donors (Lipinski definition) is 0. The third kappa shape index (κ3) is 4.05. The van der Waals surface area contributed by atoms with Crippen LogP contribution in [0.1, 0.15) is 32.8 Å². The fraction of sp³-hybridized carbons (Fsp3) is 0.147. The van der Waals surface area contributed by atoms with Gasteiger partial charge < -0.3 is 19.0 Å². The van der Waals surface area contributed by atoms with Crippen LogP contribution in [-0.2, 0) is 23.3 Å². The molecular weight excluding hydrogens is 571 g/mol. The van der Waals surface area contributed by atoms with E-state index in [1.807, 2.05) is 24.3 Å². The zero-order chi connectivity index (χ0) is 29.9. The highest BCUT2D eigenvalue weighted by Gasteiger charge is 2.64. The molecule has 1 atom stereocenters. The minimum absolute atomic E-state index is 0.0268. The Morgan fingerprint density at radius 3 is 2.37 bits per heavy atom. The number of carbonyl (C=O) groups is 2. The Kier molecular flexibility index (Phi) is 6.32. The number of anilines is 1. The van der Waals surface area contributed by atoms with Crippen molar-refractivity contribution in [3.63, 3.8) is 0 Å². The van der Waals surface area contributed by atoms with E-state index in [1.54, 1.807) is 60.5 Å². The average molecular weight is 595 g/mol. The smallest absolute Gasteiger partial charge is 0.291 e. The lowest BCUT2D eigenvalue weighted by Crippen LogP contribution is -2.53. The molecule has 5 aromatic rings. The summed E-state index contributed by atoms with van der Waals surface area (Å²) < 4.78 is 25.1. The minimum atomic E-state index is -1.77. The van der Waals surface area contributed by atoms with Gasteiger partial charge >= 0.3 is 0 Å². The van der Waals surface area contributed by atoms with Gasteiger partial charge in [-0.25, -0.2) is 4.39 Å². The Labute approximate surface area is 250 Å². The Balaban J connectivity index is 1.43. The molecule has 0 bridgehead atoms. The molecule has 7 rings (SSSR count). The molecule has 1 aromatic heterocycles. The first-order valence-corrected chi connectivity index (χ1v) is 14.1. The molecule has 0 aliphatic carbocycles. The van der Waals surface area contributed by atoms with Crippen LogP contribution in [-0.4, -0.2) is 30.4 Å². The Morgan fingerprint density at radius 2 is 1.63 bits per heavy atom. The number of benzene rings is 4. The molecule has 0 fully saturated rings. The zero-order valence-corrected chi connectivity index (χ0v) is 23.7. The standard InChI is InChI=1S/C34H24ClFN2O5/c1-42-24-13-8-20(9-14-24)16-17-38-32(40)31-29(30(39)25-18-22(35)10-15-28(25)43-31)34(38)26-4-2-3-5-27(26)37(33(34)41)19-21-6-11-23(36)12-7-21/h2-15,18H,16-17,19H2,1H3. The van der Waals surface area contributed by atoms with Gasteiger partial charge in [0.15, 0.2) is 11.0 Å². The van der Waals surface area contributed by atoms with Crippen molar-refractivity contribution in [2.75, 3.05) is 18.6 Å². The lowest BCUT2D eigenvalue weighted by molar-refractivity contribution is -0.126. The molecule has 1 spiro atoms. The molecule has 0 saturated heterocycles. The van der Waals surface area contributed by atoms with Crippen LogP contribution in [0.2, 0.25) is 5.02 Å². The molecule has 3 heterocycles. The lowest BCUT2D eigenvalue weighted by Gasteiger charge is -2.34. The first-order chi connectivity index (χ1) is 20.8. The van der Waals surface area contributed by atoms with E-state index in [2.05, 4.69) is 0 Å². The summed E-state index contributed by atoms with van der Waals surface area (Å²) >= 11 is 6.25. The first kappa shape index (κ1) is 26.9. The van der Waals surface area contributed by atoms with Crippen molar-refractivity contribution in [2.45, 2.75) is 18.5 Å². The predicted molar refractivity (Wildman–Crippen MR) is 160 cm³/mol. The Bertz CT molecular complexity index is 1990. The number of para-hydroxylation sites is 1. The molecule has 43 heavy (non-hydrogen) atoms. The van der Waals surface area contributed by atoms with Crippen LogP contribution in [0.4, 0.5) is 10.1 Å². The van der Waals surface area contributed by atoms with Crippen LogP contribution in [0.3, 0.4) is 0 Å². The van der Waals surface area contributed by atoms with Crippen LogP contribution in [0, 0.1) is 5.82 Å². The van der Waals surface area contributed by atoms with Gasteiger partial charge in [0.05, 0.1) is 30.3 Å². The van der Waals surface area contributed by atoms with Crippen LogP contribution < -0.4 is 15.1 Å². The molecule has 2 amide bonds. The van der Waals surface area contributed by atoms with Crippen LogP contribution >= 0.6 is 11.6 Å². The second-order valence-corrected chi connectivity index (χ2v) is 11.0. The fourth-order valence-corrected chi connectivity index (χ4v) is 6.40. The summed E-state index contributed by atoms with van der Waals surface area (Å²) in [5.74, 6) is -0.878. The highest BCUT2D eigenvalue weighted by Crippen LogP contribution is 2.53. The summed E-state index contributed by atoms with van der Waals surface area (Å²) in [4.78, 5) is 46.4. The molecule has 1 unspecified atom stereocenters. The van der Waals surface area contributed by atoms with Gasteiger partial charge in [-0.1, -0.05) is 54.1 Å². The van der Waals surface area contributed by atoms with Gasteiger partial charge in [0.25, 0.3) is 11.8 Å². The maximum absolute atomic E-state index is 14.9. The van der Waals surface area contributed by atoms with Gasteiger partial charge in [-0.15, -0.1) is 0 Å². The van der Waals surface area contributed by atoms with Crippen molar-refractivity contribution in [2.24, 2.45) is 0 Å². The molecule has 2 aliphatic rings. The number of methoxy groups -OCH3 is 1. The van der Waals surface area contributed by atoms with Crippen LogP contribution in [0.5, 0.6) is 5.75 Å². The number of fused-ring (bicyclic) bond motifs is 5. The van der Waals surface area contributed by atoms with Crippen molar-refractivity contribution in [1.82, 2.24) is 4.90 Å². The van der Waals surface area contributed by atoms with Crippen molar-refractivity contribution < 1.29 is 23.1 Å². The highest BCUT2D eigenvalue weighted by atomic mass is 35.5. The van der Waals surface area contributed by atoms with Gasteiger partial charge in [-0.3, -0.25) is 14.4 Å². The first-order valence-electron chi connectivity index (χ1n) is 13.7. The summed E-state index contributed by atoms with van der Waals surface area (Å²) in [6, 6.07) is 25.1. The van der Waals surface area contributed by atoms with Gasteiger partial charge in [0, 0.05) is 17.1 Å². The summed E-state index contributed by atoms with van der Waals surface area (Å²) in [5, 5.41) is 0.503. The van der Waals surface area contributed by atoms with Crippen LogP contribution in [0.15, 0.2) is 100 Å². The largest absolute Gasteiger partial charge is 0.497 e. The molecule has 0 radical (unpaired) electrons. The lowest BCUT2D eigenvalue weighted by atomic mass is 9.83. The second kappa shape index (κ2) is 10.1. The molecule has 0 N–H and O–H groups in total. The third-order valence-electron chi connectivity index (χ3n) is 8.23. The summed E-state index contributed by atoms with van der Waals surface area (Å²) in [6.07, 6.45) is 0.401. The molecular formula is C34H24ClFN2O5. The zero-order valence-electron chi connectivity index (χ0n) is 23.0. The molecule has 0 saturated carbocycles. The quantitative estimate of drug-likeness (QED) is 0.238. The minimum Gasteiger partial charge on any atom is -0.497 e. The van der Waals surface area contributed by atoms with E-state index in [0.717, 1.165) is 5.56 Å². The van der Waals surface area contributed by atoms with Gasteiger partial charge in [-0.05, 0) is 66.1 Å². The van der Waals surface area contributed by atoms with Crippen molar-refractivity contribution in [1.29, 1.82) is 0 Å². The highest BCUT2D eigenvalue weighted by molar-refractivity contribution is 6.31. The molecule has 214 valence electrons. The molecule has 2 aliphatic heterocycles. The maximum Gasteiger partial charge on any atom is 0.291 e. The van der Waals surface area contributed by atoms with E-state index in [0.29, 0.717) is 34.0 Å². The van der Waals surface area contributed by atoms with Gasteiger partial charge in [0.2, 0.25) is 5.76 Å². The summed E-state index contributed by atoms with van der Waals surface area (Å²) in [6.45, 7) is 0.231. The summed E-state index contributed by atoms with van der Waals surface area (Å²) in [7, 11) is 1.58. The normalized spacial score (nSPS) is 17.2. The number of nitrogens with zero attached hydrogens (tertiary/aromatic N) is 2. The van der Waals surface area contributed by atoms with Crippen molar-refractivity contribution in [3.05, 3.63) is 140 Å². The maximum atomic E-state index is 14.9. The molecule has 9 heteroatoms. The van der Waals surface area contributed by atoms with E-state index in [-0.39, 0.29) is 35.4 Å². The SMILES string of the molecule is COc1ccc(CCN2C(=O)c3oc4ccc(Cl)cc4c(=O)c3C23C(=O)N(Cc2ccc(F)cc2)c2ccccc23)cc1. The average Bonchev–Trinajstić information content (AvgIpc) is 3.41. The van der Waals surface area contributed by atoms with Crippen molar-refractivity contribution >= 4 is 40.1 Å². The number of amides is 2. The van der Waals surface area contributed by atoms with Crippen LogP contribution in [0.25, 0.3) is 11.0 Å². The van der Waals surface area contributed by atoms with Gasteiger partial charge in [-0.2, -0.15) is 0 Å². The third-order valence-corrected chi connectivity index (χ3v) is 8.47. The van der Waals surface area contributed by atoms with Gasteiger partial charge in [0.1, 0.15) is 17.1 Å². The van der Waals surface area contributed by atoms with E-state index < -0.39 is 28.6 Å². The topological polar surface area (TPSA) is 80.1 Å². The number of halogens is 2. The number of hydrogen-bond acceptors (Lipinski definition) is 5. The van der Waals surface area contributed by atoms with E-state index >= 15 is 0 Å². The van der Waals surface area contributed by atoms with Crippen molar-refractivity contribution in [3.8, 4) is 5.75 Å². The molecule has 7 nitrogen and oxygen atoms in total. The fourth-order valence-electron chi connectivity index (χ4n) is 6.23. The predicted octanol–water partition coefficient (Wildman–Crippen LogP) is 6.08. The Hall–Kier alpha value is -4.95. The van der Waals surface area contributed by atoms with E-state index in [1.165, 1.54) is 23.1 Å².